The molecule has 0 unspecified atom stereocenters. The van der Waals surface area contributed by atoms with Crippen LogP contribution in [0.1, 0.15) is 25.8 Å². The first-order valence-corrected chi connectivity index (χ1v) is 8.67. The van der Waals surface area contributed by atoms with Gasteiger partial charge in [-0.3, -0.25) is 0 Å². The molecule has 0 saturated heterocycles. The van der Waals surface area contributed by atoms with Crippen molar-refractivity contribution < 1.29 is 13.2 Å². The Bertz CT molecular complexity index is 469. The summed E-state index contributed by atoms with van der Waals surface area (Å²) in [7, 11) is -3.40. The van der Waals surface area contributed by atoms with Crippen molar-refractivity contribution in [3.05, 3.63) is 17.0 Å². The molecular formula is C12H22N2O3S2. The highest BCUT2D eigenvalue weighted by molar-refractivity contribution is 7.91. The summed E-state index contributed by atoms with van der Waals surface area (Å²) in [4.78, 5) is 0. The van der Waals surface area contributed by atoms with Gasteiger partial charge in [0.2, 0.25) is 10.0 Å². The molecular weight excluding hydrogens is 284 g/mol. The zero-order chi connectivity index (χ0) is 14.3. The molecule has 1 heterocycles. The van der Waals surface area contributed by atoms with Crippen LogP contribution in [-0.2, 0) is 21.3 Å². The van der Waals surface area contributed by atoms with Gasteiger partial charge in [0.05, 0.1) is 0 Å². The molecule has 1 rings (SSSR count). The van der Waals surface area contributed by atoms with Gasteiger partial charge in [0.1, 0.15) is 4.21 Å². The second-order valence-electron chi connectivity index (χ2n) is 4.70. The molecule has 0 aliphatic rings. The molecule has 19 heavy (non-hydrogen) atoms. The Kier molecular flexibility index (Phi) is 6.95. The first kappa shape index (κ1) is 16.6. The third kappa shape index (κ3) is 6.01. The Balaban J connectivity index is 2.31. The van der Waals surface area contributed by atoms with Gasteiger partial charge < -0.3 is 10.5 Å². The van der Waals surface area contributed by atoms with Gasteiger partial charge in [0, 0.05) is 26.3 Å². The van der Waals surface area contributed by atoms with E-state index in [2.05, 4.69) is 18.6 Å². The summed E-state index contributed by atoms with van der Waals surface area (Å²) in [6, 6.07) is 1.61. The van der Waals surface area contributed by atoms with Crippen LogP contribution in [0.5, 0.6) is 0 Å². The van der Waals surface area contributed by atoms with Crippen LogP contribution in [-0.4, -0.2) is 28.2 Å². The molecule has 0 aromatic carbocycles. The lowest BCUT2D eigenvalue weighted by Crippen LogP contribution is -2.25. The van der Waals surface area contributed by atoms with Gasteiger partial charge in [-0.25, -0.2) is 13.1 Å². The average molecular weight is 306 g/mol. The zero-order valence-corrected chi connectivity index (χ0v) is 13.0. The van der Waals surface area contributed by atoms with E-state index in [9.17, 15) is 8.42 Å². The van der Waals surface area contributed by atoms with E-state index >= 15 is 0 Å². The second-order valence-corrected chi connectivity index (χ2v) is 7.60. The van der Waals surface area contributed by atoms with Gasteiger partial charge in [0.15, 0.2) is 0 Å². The highest BCUT2D eigenvalue weighted by Crippen LogP contribution is 2.19. The monoisotopic (exact) mass is 306 g/mol. The summed E-state index contributed by atoms with van der Waals surface area (Å²) >= 11 is 1.19. The van der Waals surface area contributed by atoms with Crippen LogP contribution in [0.15, 0.2) is 15.7 Å². The summed E-state index contributed by atoms with van der Waals surface area (Å²) in [6.45, 7) is 6.17. The fraction of sp³-hybridized carbons (Fsp3) is 0.667. The Morgan fingerprint density at radius 3 is 2.79 bits per heavy atom. The van der Waals surface area contributed by atoms with Gasteiger partial charge >= 0.3 is 0 Å². The predicted molar refractivity (Wildman–Crippen MR) is 77.7 cm³/mol. The Morgan fingerprint density at radius 1 is 1.47 bits per heavy atom. The van der Waals surface area contributed by atoms with Crippen molar-refractivity contribution in [3.8, 4) is 0 Å². The standard InChI is InChI=1S/C12H22N2O3S2/c1-10(2)8-17-5-3-4-14-19(15,16)12-6-11(7-13)9-18-12/h6,9-10,14H,3-5,7-8,13H2,1-2H3. The third-order valence-corrected chi connectivity index (χ3v) is 5.29. The third-order valence-electron chi connectivity index (χ3n) is 2.34. The summed E-state index contributed by atoms with van der Waals surface area (Å²) in [6.07, 6.45) is 0.668. The Morgan fingerprint density at radius 2 is 2.21 bits per heavy atom. The van der Waals surface area contributed by atoms with E-state index in [-0.39, 0.29) is 0 Å². The molecule has 110 valence electrons. The van der Waals surface area contributed by atoms with Crippen molar-refractivity contribution >= 4 is 21.4 Å². The number of nitrogens with one attached hydrogen (secondary N) is 1. The lowest BCUT2D eigenvalue weighted by atomic mass is 10.2. The molecule has 0 saturated carbocycles. The second kappa shape index (κ2) is 7.96. The van der Waals surface area contributed by atoms with Gasteiger partial charge in [-0.2, -0.15) is 0 Å². The first-order chi connectivity index (χ1) is 8.95. The minimum atomic E-state index is -3.40. The zero-order valence-electron chi connectivity index (χ0n) is 11.4. The van der Waals surface area contributed by atoms with E-state index < -0.39 is 10.0 Å². The number of thiophene rings is 1. The Labute approximate surface area is 119 Å². The quantitative estimate of drug-likeness (QED) is 0.678. The van der Waals surface area contributed by atoms with Crippen molar-refractivity contribution in [3.63, 3.8) is 0 Å². The number of nitrogens with two attached hydrogens (primary N) is 1. The van der Waals surface area contributed by atoms with Crippen LogP contribution in [0, 0.1) is 5.92 Å². The largest absolute Gasteiger partial charge is 0.381 e. The molecule has 3 N–H and O–H groups in total. The summed E-state index contributed by atoms with van der Waals surface area (Å²) in [5, 5.41) is 1.76. The topological polar surface area (TPSA) is 81.4 Å². The van der Waals surface area contributed by atoms with E-state index in [0.717, 1.165) is 5.56 Å². The first-order valence-electron chi connectivity index (χ1n) is 6.30. The minimum Gasteiger partial charge on any atom is -0.381 e. The summed E-state index contributed by atoms with van der Waals surface area (Å²) in [5.74, 6) is 0.498. The molecule has 1 aromatic rings. The Hall–Kier alpha value is -0.470. The summed E-state index contributed by atoms with van der Waals surface area (Å²) < 4.78 is 32.1. The SMILES string of the molecule is CC(C)COCCCNS(=O)(=O)c1cc(CN)cs1. The average Bonchev–Trinajstić information content (AvgIpc) is 2.82. The molecule has 7 heteroatoms. The van der Waals surface area contributed by atoms with Gasteiger partial charge in [-0.1, -0.05) is 13.8 Å². The lowest BCUT2D eigenvalue weighted by Gasteiger charge is -2.07. The highest BCUT2D eigenvalue weighted by atomic mass is 32.2. The number of hydrogen-bond donors (Lipinski definition) is 2. The van der Waals surface area contributed by atoms with Crippen LogP contribution < -0.4 is 10.5 Å². The van der Waals surface area contributed by atoms with Crippen molar-refractivity contribution in [2.24, 2.45) is 11.7 Å². The lowest BCUT2D eigenvalue weighted by molar-refractivity contribution is 0.108. The number of hydrogen-bond acceptors (Lipinski definition) is 5. The number of sulfonamides is 1. The molecule has 0 radical (unpaired) electrons. The molecule has 0 atom stereocenters. The minimum absolute atomic E-state index is 0.316. The van der Waals surface area contributed by atoms with E-state index in [1.165, 1.54) is 11.3 Å². The smallest absolute Gasteiger partial charge is 0.250 e. The van der Waals surface area contributed by atoms with Crippen molar-refractivity contribution in [1.29, 1.82) is 0 Å². The molecule has 0 amide bonds. The predicted octanol–water partition coefficient (Wildman–Crippen LogP) is 1.55. The van der Waals surface area contributed by atoms with Crippen molar-refractivity contribution in [1.82, 2.24) is 4.72 Å². The van der Waals surface area contributed by atoms with Crippen LogP contribution in [0.3, 0.4) is 0 Å². The molecule has 1 aromatic heterocycles. The number of rotatable bonds is 9. The van der Waals surface area contributed by atoms with Crippen LogP contribution in [0.2, 0.25) is 0 Å². The molecule has 0 spiro atoms. The van der Waals surface area contributed by atoms with E-state index in [0.29, 0.717) is 42.9 Å². The maximum Gasteiger partial charge on any atom is 0.250 e. The van der Waals surface area contributed by atoms with Crippen LogP contribution >= 0.6 is 11.3 Å². The van der Waals surface area contributed by atoms with Crippen LogP contribution in [0.4, 0.5) is 0 Å². The summed E-state index contributed by atoms with van der Waals surface area (Å²) in [5.41, 5.74) is 6.30. The highest BCUT2D eigenvalue weighted by Gasteiger charge is 2.15. The van der Waals surface area contributed by atoms with E-state index in [1.807, 2.05) is 0 Å². The normalized spacial score (nSPS) is 12.2. The molecule has 0 aliphatic carbocycles. The van der Waals surface area contributed by atoms with Crippen LogP contribution in [0.25, 0.3) is 0 Å². The van der Waals surface area contributed by atoms with E-state index in [1.54, 1.807) is 11.4 Å². The molecule has 0 aliphatic heterocycles. The van der Waals surface area contributed by atoms with Crippen molar-refractivity contribution in [2.75, 3.05) is 19.8 Å². The van der Waals surface area contributed by atoms with Crippen molar-refractivity contribution in [2.45, 2.75) is 31.0 Å². The van der Waals surface area contributed by atoms with E-state index in [4.69, 9.17) is 10.5 Å². The fourth-order valence-electron chi connectivity index (χ4n) is 1.37. The van der Waals surface area contributed by atoms with Gasteiger partial charge in [0.25, 0.3) is 0 Å². The number of ether oxygens (including phenoxy) is 1. The molecule has 5 nitrogen and oxygen atoms in total. The van der Waals surface area contributed by atoms with Gasteiger partial charge in [-0.15, -0.1) is 11.3 Å². The maximum atomic E-state index is 11.9. The molecule has 0 fully saturated rings. The maximum absolute atomic E-state index is 11.9. The fourth-order valence-corrected chi connectivity index (χ4v) is 3.71. The van der Waals surface area contributed by atoms with Gasteiger partial charge in [-0.05, 0) is 29.3 Å². The molecule has 0 bridgehead atoms.